The number of rotatable bonds is 6. The smallest absolute Gasteiger partial charge is 0.331 e. The van der Waals surface area contributed by atoms with Gasteiger partial charge in [0, 0.05) is 28.9 Å². The van der Waals surface area contributed by atoms with Crippen LogP contribution in [0.4, 0.5) is 0 Å². The Labute approximate surface area is 168 Å². The first-order valence-electron chi connectivity index (χ1n) is 9.56. The number of benzene rings is 1. The van der Waals surface area contributed by atoms with Crippen molar-refractivity contribution in [3.63, 3.8) is 0 Å². The van der Waals surface area contributed by atoms with Crippen LogP contribution in [0.3, 0.4) is 0 Å². The molecular weight excluding hydrogens is 364 g/mol. The quantitative estimate of drug-likeness (QED) is 0.497. The van der Waals surface area contributed by atoms with E-state index in [1.165, 1.54) is 0 Å². The summed E-state index contributed by atoms with van der Waals surface area (Å²) in [6.45, 7) is 4.33. The van der Waals surface area contributed by atoms with Crippen molar-refractivity contribution in [3.05, 3.63) is 83.3 Å². The molecule has 3 heterocycles. The fourth-order valence-electron chi connectivity index (χ4n) is 3.50. The van der Waals surface area contributed by atoms with Gasteiger partial charge in [-0.05, 0) is 43.2 Å². The summed E-state index contributed by atoms with van der Waals surface area (Å²) in [5.74, 6) is -0.101. The minimum Gasteiger partial charge on any atom is -0.478 e. The van der Waals surface area contributed by atoms with Crippen LogP contribution in [0.25, 0.3) is 22.9 Å². The highest BCUT2D eigenvalue weighted by atomic mass is 16.4. The number of fused-ring (bicyclic) bond motifs is 1. The van der Waals surface area contributed by atoms with E-state index in [1.54, 1.807) is 12.3 Å². The van der Waals surface area contributed by atoms with Gasteiger partial charge in [0.2, 0.25) is 0 Å². The summed E-state index contributed by atoms with van der Waals surface area (Å²) in [5, 5.41) is 15.3. The molecule has 0 bridgehead atoms. The minimum atomic E-state index is -0.913. The molecule has 0 saturated heterocycles. The van der Waals surface area contributed by atoms with Crippen molar-refractivity contribution in [2.24, 2.45) is 0 Å². The van der Waals surface area contributed by atoms with Gasteiger partial charge in [-0.2, -0.15) is 5.10 Å². The first-order chi connectivity index (χ1) is 14.1. The van der Waals surface area contributed by atoms with Crippen molar-refractivity contribution in [1.82, 2.24) is 19.3 Å². The summed E-state index contributed by atoms with van der Waals surface area (Å²) in [4.78, 5) is 16.2. The number of hydrogen-bond acceptors (Lipinski definition) is 3. The second-order valence-corrected chi connectivity index (χ2v) is 6.90. The number of pyridine rings is 1. The highest BCUT2D eigenvalue weighted by Gasteiger charge is 2.19. The van der Waals surface area contributed by atoms with Gasteiger partial charge in [0.15, 0.2) is 0 Å². The van der Waals surface area contributed by atoms with Crippen molar-refractivity contribution in [1.29, 1.82) is 0 Å². The van der Waals surface area contributed by atoms with Crippen LogP contribution in [-0.4, -0.2) is 30.4 Å². The van der Waals surface area contributed by atoms with Gasteiger partial charge in [0.1, 0.15) is 11.5 Å². The molecule has 1 aromatic carbocycles. The third-order valence-corrected chi connectivity index (χ3v) is 4.97. The van der Waals surface area contributed by atoms with Crippen LogP contribution >= 0.6 is 0 Å². The van der Waals surface area contributed by atoms with Gasteiger partial charge < -0.3 is 5.11 Å². The predicted molar refractivity (Wildman–Crippen MR) is 113 cm³/mol. The summed E-state index contributed by atoms with van der Waals surface area (Å²) < 4.78 is 3.90. The molecule has 0 spiro atoms. The molecule has 0 radical (unpaired) electrons. The van der Waals surface area contributed by atoms with E-state index in [0.29, 0.717) is 18.5 Å². The molecule has 0 unspecified atom stereocenters. The molecule has 0 saturated carbocycles. The van der Waals surface area contributed by atoms with Crippen molar-refractivity contribution in [3.8, 4) is 5.82 Å². The maximum Gasteiger partial charge on any atom is 0.331 e. The number of carboxylic acids is 1. The van der Waals surface area contributed by atoms with E-state index in [4.69, 9.17) is 5.10 Å². The lowest BCUT2D eigenvalue weighted by molar-refractivity contribution is -0.132. The molecule has 29 heavy (non-hydrogen) atoms. The lowest BCUT2D eigenvalue weighted by Gasteiger charge is -2.11. The number of hydrogen-bond donors (Lipinski definition) is 1. The Balaban J connectivity index is 1.95. The monoisotopic (exact) mass is 386 g/mol. The van der Waals surface area contributed by atoms with Crippen molar-refractivity contribution in [2.75, 3.05) is 0 Å². The van der Waals surface area contributed by atoms with Crippen LogP contribution in [0.1, 0.15) is 30.2 Å². The Morgan fingerprint density at radius 1 is 1.14 bits per heavy atom. The topological polar surface area (TPSA) is 72.9 Å². The Kier molecular flexibility index (Phi) is 4.99. The van der Waals surface area contributed by atoms with Crippen LogP contribution in [0, 0.1) is 6.92 Å². The average Bonchev–Trinajstić information content (AvgIpc) is 3.27. The van der Waals surface area contributed by atoms with Crippen LogP contribution in [-0.2, 0) is 11.3 Å². The summed E-state index contributed by atoms with van der Waals surface area (Å²) in [6, 6.07) is 16.0. The first kappa shape index (κ1) is 18.7. The number of nitrogens with zero attached hydrogens (tertiary/aromatic N) is 4. The third-order valence-electron chi connectivity index (χ3n) is 4.97. The maximum atomic E-state index is 11.6. The van der Waals surface area contributed by atoms with E-state index in [0.717, 1.165) is 33.7 Å². The normalized spacial score (nSPS) is 11.9. The molecule has 6 heteroatoms. The fourth-order valence-corrected chi connectivity index (χ4v) is 3.50. The molecule has 0 fully saturated rings. The van der Waals surface area contributed by atoms with E-state index in [1.807, 2.05) is 65.7 Å². The van der Waals surface area contributed by atoms with E-state index >= 15 is 0 Å². The molecule has 4 aromatic rings. The number of aliphatic carboxylic acids is 1. The standard InChI is InChI=1S/C23H22N4O2/c1-3-18(23(28)29)14-20-16(2)25-27(15-17-8-5-4-6-9-17)22(20)26-13-11-19-10-7-12-24-21(19)26/h4-14H,3,15H2,1-2H3,(H,28,29). The Hall–Kier alpha value is -3.67. The SMILES string of the molecule is CCC(=Cc1c(C)nn(Cc2ccccc2)c1-n1ccc2cccnc21)C(=O)O. The molecule has 6 nitrogen and oxygen atoms in total. The van der Waals surface area contributed by atoms with Crippen LogP contribution in [0.5, 0.6) is 0 Å². The minimum absolute atomic E-state index is 0.345. The molecule has 0 atom stereocenters. The molecule has 146 valence electrons. The Bertz CT molecular complexity index is 1200. The van der Waals surface area contributed by atoms with Crippen molar-refractivity contribution < 1.29 is 9.90 Å². The summed E-state index contributed by atoms with van der Waals surface area (Å²) >= 11 is 0. The van der Waals surface area contributed by atoms with Gasteiger partial charge >= 0.3 is 5.97 Å². The van der Waals surface area contributed by atoms with Gasteiger partial charge in [0.25, 0.3) is 0 Å². The maximum absolute atomic E-state index is 11.6. The number of carbonyl (C=O) groups is 1. The zero-order valence-corrected chi connectivity index (χ0v) is 16.4. The second-order valence-electron chi connectivity index (χ2n) is 6.90. The average molecular weight is 386 g/mol. The molecular formula is C23H22N4O2. The largest absolute Gasteiger partial charge is 0.478 e. The zero-order chi connectivity index (χ0) is 20.4. The second kappa shape index (κ2) is 7.75. The molecule has 0 aliphatic carbocycles. The Morgan fingerprint density at radius 2 is 1.93 bits per heavy atom. The van der Waals surface area contributed by atoms with Gasteiger partial charge in [0.05, 0.1) is 12.2 Å². The van der Waals surface area contributed by atoms with Gasteiger partial charge in [-0.25, -0.2) is 14.5 Å². The van der Waals surface area contributed by atoms with Crippen LogP contribution in [0.2, 0.25) is 0 Å². The number of aromatic nitrogens is 4. The summed E-state index contributed by atoms with van der Waals surface area (Å²) in [6.07, 6.45) is 5.88. The molecule has 0 aliphatic heterocycles. The van der Waals surface area contributed by atoms with E-state index in [9.17, 15) is 9.90 Å². The van der Waals surface area contributed by atoms with E-state index < -0.39 is 5.97 Å². The highest BCUT2D eigenvalue weighted by Crippen LogP contribution is 2.27. The van der Waals surface area contributed by atoms with Crippen LogP contribution in [0.15, 0.2) is 66.5 Å². The molecule has 0 amide bonds. The lowest BCUT2D eigenvalue weighted by atomic mass is 10.1. The van der Waals surface area contributed by atoms with Gasteiger partial charge in [-0.15, -0.1) is 0 Å². The lowest BCUT2D eigenvalue weighted by Crippen LogP contribution is -2.09. The summed E-state index contributed by atoms with van der Waals surface area (Å²) in [5.41, 5.74) is 3.84. The Morgan fingerprint density at radius 3 is 2.66 bits per heavy atom. The van der Waals surface area contributed by atoms with Crippen LogP contribution < -0.4 is 0 Å². The van der Waals surface area contributed by atoms with Crippen molar-refractivity contribution >= 4 is 23.1 Å². The van der Waals surface area contributed by atoms with E-state index in [2.05, 4.69) is 17.1 Å². The van der Waals surface area contributed by atoms with Crippen molar-refractivity contribution in [2.45, 2.75) is 26.8 Å². The number of aryl methyl sites for hydroxylation is 1. The molecule has 0 aliphatic rings. The van der Waals surface area contributed by atoms with E-state index in [-0.39, 0.29) is 0 Å². The fraction of sp³-hybridized carbons (Fsp3) is 0.174. The van der Waals surface area contributed by atoms with Gasteiger partial charge in [-0.1, -0.05) is 37.3 Å². The molecule has 4 rings (SSSR count). The third kappa shape index (κ3) is 3.57. The molecule has 1 N–H and O–H groups in total. The number of carboxylic acid groups (broad SMARTS) is 1. The van der Waals surface area contributed by atoms with Gasteiger partial charge in [-0.3, -0.25) is 4.57 Å². The molecule has 3 aromatic heterocycles. The first-order valence-corrected chi connectivity index (χ1v) is 9.56. The summed E-state index contributed by atoms with van der Waals surface area (Å²) in [7, 11) is 0. The zero-order valence-electron chi connectivity index (χ0n) is 16.4. The predicted octanol–water partition coefficient (Wildman–Crippen LogP) is 4.46. The highest BCUT2D eigenvalue weighted by molar-refractivity contribution is 5.93.